The van der Waals surface area contributed by atoms with Gasteiger partial charge in [-0.05, 0) is 42.8 Å². The fourth-order valence-corrected chi connectivity index (χ4v) is 3.57. The number of urea groups is 1. The lowest BCUT2D eigenvalue weighted by Gasteiger charge is -2.19. The number of hydrogen-bond acceptors (Lipinski definition) is 6. The zero-order chi connectivity index (χ0) is 23.5. The first kappa shape index (κ1) is 21.3. The summed E-state index contributed by atoms with van der Waals surface area (Å²) >= 11 is 0. The standard InChI is InChI=1S/C25H22N4O5/c1-16-5-8-23-26-19(13-24(30)29(23)14-16)15-34-20-4-2-3-17(11-20)27-25(31)28-18-6-7-21-22(12-18)33-10-9-32-21/h2-8,11-14H,9-10,15H2,1H3,(H2,27,28,31). The van der Waals surface area contributed by atoms with E-state index in [-0.39, 0.29) is 12.2 Å². The molecule has 4 aromatic rings. The van der Waals surface area contributed by atoms with Crippen molar-refractivity contribution in [1.82, 2.24) is 9.38 Å². The van der Waals surface area contributed by atoms with Crippen molar-refractivity contribution in [2.24, 2.45) is 0 Å². The van der Waals surface area contributed by atoms with Gasteiger partial charge in [0.15, 0.2) is 11.5 Å². The molecule has 5 rings (SSSR count). The lowest BCUT2D eigenvalue weighted by atomic mass is 10.2. The molecule has 0 spiro atoms. The molecular formula is C25H22N4O5. The summed E-state index contributed by atoms with van der Waals surface area (Å²) in [6.07, 6.45) is 1.75. The van der Waals surface area contributed by atoms with Gasteiger partial charge < -0.3 is 24.8 Å². The summed E-state index contributed by atoms with van der Waals surface area (Å²) in [6.45, 7) is 3.01. The predicted molar refractivity (Wildman–Crippen MR) is 127 cm³/mol. The van der Waals surface area contributed by atoms with E-state index in [1.54, 1.807) is 54.7 Å². The van der Waals surface area contributed by atoms with E-state index in [1.165, 1.54) is 10.5 Å². The molecule has 0 radical (unpaired) electrons. The van der Waals surface area contributed by atoms with Crippen LogP contribution in [0.4, 0.5) is 16.2 Å². The highest BCUT2D eigenvalue weighted by atomic mass is 16.6. The van der Waals surface area contributed by atoms with Crippen LogP contribution < -0.4 is 30.4 Å². The molecular weight excluding hydrogens is 436 g/mol. The Labute approximate surface area is 194 Å². The minimum atomic E-state index is -0.409. The molecule has 2 N–H and O–H groups in total. The number of fused-ring (bicyclic) bond motifs is 2. The number of anilines is 2. The summed E-state index contributed by atoms with van der Waals surface area (Å²) in [6, 6.07) is 16.9. The van der Waals surface area contributed by atoms with Gasteiger partial charge >= 0.3 is 6.03 Å². The van der Waals surface area contributed by atoms with Gasteiger partial charge in [-0.2, -0.15) is 0 Å². The lowest BCUT2D eigenvalue weighted by molar-refractivity contribution is 0.171. The molecule has 0 fully saturated rings. The molecule has 172 valence electrons. The van der Waals surface area contributed by atoms with Crippen molar-refractivity contribution in [2.75, 3.05) is 23.8 Å². The van der Waals surface area contributed by atoms with Gasteiger partial charge in [0.2, 0.25) is 0 Å². The highest BCUT2D eigenvalue weighted by Crippen LogP contribution is 2.32. The number of aromatic nitrogens is 2. The summed E-state index contributed by atoms with van der Waals surface area (Å²) in [5, 5.41) is 5.55. The number of amides is 2. The maximum absolute atomic E-state index is 12.4. The van der Waals surface area contributed by atoms with Gasteiger partial charge in [0.1, 0.15) is 31.2 Å². The highest BCUT2D eigenvalue weighted by molar-refractivity contribution is 6.00. The Hall–Kier alpha value is -4.53. The molecule has 9 heteroatoms. The Balaban J connectivity index is 1.22. The van der Waals surface area contributed by atoms with Crippen molar-refractivity contribution < 1.29 is 19.0 Å². The molecule has 0 aliphatic carbocycles. The van der Waals surface area contributed by atoms with E-state index in [0.29, 0.717) is 53.2 Å². The van der Waals surface area contributed by atoms with Crippen LogP contribution in [0.25, 0.3) is 5.65 Å². The molecule has 0 atom stereocenters. The highest BCUT2D eigenvalue weighted by Gasteiger charge is 2.13. The van der Waals surface area contributed by atoms with Gasteiger partial charge in [-0.25, -0.2) is 9.78 Å². The maximum Gasteiger partial charge on any atom is 0.323 e. The molecule has 1 aliphatic rings. The van der Waals surface area contributed by atoms with E-state index in [1.807, 2.05) is 13.0 Å². The topological polar surface area (TPSA) is 103 Å². The van der Waals surface area contributed by atoms with Crippen molar-refractivity contribution in [3.63, 3.8) is 0 Å². The van der Waals surface area contributed by atoms with E-state index in [9.17, 15) is 9.59 Å². The van der Waals surface area contributed by atoms with Crippen LogP contribution in [0.5, 0.6) is 17.2 Å². The SMILES string of the molecule is Cc1ccc2nc(COc3cccc(NC(=O)Nc4ccc5c(c4)OCCO5)c3)cc(=O)n2c1. The maximum atomic E-state index is 12.4. The van der Waals surface area contributed by atoms with E-state index >= 15 is 0 Å². The van der Waals surface area contributed by atoms with Crippen LogP contribution in [0.3, 0.4) is 0 Å². The first-order chi connectivity index (χ1) is 16.5. The summed E-state index contributed by atoms with van der Waals surface area (Å²) in [7, 11) is 0. The minimum absolute atomic E-state index is 0.118. The molecule has 9 nitrogen and oxygen atoms in total. The van der Waals surface area contributed by atoms with Crippen molar-refractivity contribution in [3.05, 3.63) is 88.5 Å². The monoisotopic (exact) mass is 458 g/mol. The third-order valence-corrected chi connectivity index (χ3v) is 5.14. The van der Waals surface area contributed by atoms with Crippen LogP contribution in [0, 0.1) is 6.92 Å². The van der Waals surface area contributed by atoms with Gasteiger partial charge in [0.25, 0.3) is 5.56 Å². The molecule has 1 aliphatic heterocycles. The lowest BCUT2D eigenvalue weighted by Crippen LogP contribution is -2.20. The second-order valence-corrected chi connectivity index (χ2v) is 7.77. The number of hydrogen-bond donors (Lipinski definition) is 2. The normalized spacial score (nSPS) is 12.3. The minimum Gasteiger partial charge on any atom is -0.487 e. The van der Waals surface area contributed by atoms with Crippen molar-refractivity contribution in [2.45, 2.75) is 13.5 Å². The molecule has 2 aromatic heterocycles. The fourth-order valence-electron chi connectivity index (χ4n) is 3.57. The van der Waals surface area contributed by atoms with E-state index in [4.69, 9.17) is 14.2 Å². The summed E-state index contributed by atoms with van der Waals surface area (Å²) < 4.78 is 18.3. The van der Waals surface area contributed by atoms with Crippen molar-refractivity contribution >= 4 is 23.1 Å². The third-order valence-electron chi connectivity index (χ3n) is 5.14. The Morgan fingerprint density at radius 2 is 1.79 bits per heavy atom. The first-order valence-corrected chi connectivity index (χ1v) is 10.7. The third kappa shape index (κ3) is 4.78. The Kier molecular flexibility index (Phi) is 5.73. The van der Waals surface area contributed by atoms with Crippen molar-refractivity contribution in [1.29, 1.82) is 0 Å². The van der Waals surface area contributed by atoms with Crippen molar-refractivity contribution in [3.8, 4) is 17.2 Å². The molecule has 0 unspecified atom stereocenters. The first-order valence-electron chi connectivity index (χ1n) is 10.7. The Bertz CT molecular complexity index is 1430. The predicted octanol–water partition coefficient (Wildman–Crippen LogP) is 4.00. The quantitative estimate of drug-likeness (QED) is 0.469. The second kappa shape index (κ2) is 9.14. The molecule has 0 saturated heterocycles. The Morgan fingerprint density at radius 1 is 1.00 bits per heavy atom. The molecule has 2 amide bonds. The van der Waals surface area contributed by atoms with Gasteiger partial charge in [0, 0.05) is 35.8 Å². The van der Waals surface area contributed by atoms with Crippen LogP contribution in [-0.2, 0) is 6.61 Å². The number of carbonyl (C=O) groups is 1. The van der Waals surface area contributed by atoms with Crippen LogP contribution in [0.1, 0.15) is 11.3 Å². The molecule has 34 heavy (non-hydrogen) atoms. The Morgan fingerprint density at radius 3 is 2.65 bits per heavy atom. The summed E-state index contributed by atoms with van der Waals surface area (Å²) in [4.78, 5) is 29.3. The number of pyridine rings is 1. The van der Waals surface area contributed by atoms with E-state index in [2.05, 4.69) is 15.6 Å². The number of nitrogens with one attached hydrogen (secondary N) is 2. The number of nitrogens with zero attached hydrogens (tertiary/aromatic N) is 2. The number of carbonyl (C=O) groups excluding carboxylic acids is 1. The fraction of sp³-hybridized carbons (Fsp3) is 0.160. The number of aryl methyl sites for hydroxylation is 1. The zero-order valence-corrected chi connectivity index (χ0v) is 18.4. The zero-order valence-electron chi connectivity index (χ0n) is 18.4. The number of benzene rings is 2. The van der Waals surface area contributed by atoms with E-state index in [0.717, 1.165) is 5.56 Å². The van der Waals surface area contributed by atoms with Crippen LogP contribution >= 0.6 is 0 Å². The molecule has 2 aromatic carbocycles. The van der Waals surface area contributed by atoms with Crippen LogP contribution in [0.15, 0.2) is 71.7 Å². The van der Waals surface area contributed by atoms with Gasteiger partial charge in [-0.1, -0.05) is 12.1 Å². The second-order valence-electron chi connectivity index (χ2n) is 7.77. The van der Waals surface area contributed by atoms with Gasteiger partial charge in [0.05, 0.1) is 5.69 Å². The number of rotatable bonds is 5. The van der Waals surface area contributed by atoms with E-state index < -0.39 is 6.03 Å². The number of ether oxygens (including phenoxy) is 3. The van der Waals surface area contributed by atoms with Gasteiger partial charge in [-0.15, -0.1) is 0 Å². The van der Waals surface area contributed by atoms with Gasteiger partial charge in [-0.3, -0.25) is 9.20 Å². The average molecular weight is 458 g/mol. The molecule has 0 bridgehead atoms. The van der Waals surface area contributed by atoms with Crippen LogP contribution in [-0.4, -0.2) is 28.6 Å². The summed E-state index contributed by atoms with van der Waals surface area (Å²) in [5.41, 5.74) is 3.01. The largest absolute Gasteiger partial charge is 0.487 e. The molecule has 3 heterocycles. The average Bonchev–Trinajstić information content (AvgIpc) is 2.83. The van der Waals surface area contributed by atoms with Crippen LogP contribution in [0.2, 0.25) is 0 Å². The smallest absolute Gasteiger partial charge is 0.323 e. The summed E-state index contributed by atoms with van der Waals surface area (Å²) in [5.74, 6) is 1.78. The molecule has 0 saturated carbocycles.